The molecule has 0 unspecified atom stereocenters. The minimum absolute atomic E-state index is 0.0994. The molecule has 234 valence electrons. The number of amides is 2. The summed E-state index contributed by atoms with van der Waals surface area (Å²) in [6, 6.07) is 6.99. The number of benzene rings is 1. The van der Waals surface area contributed by atoms with Gasteiger partial charge in [0.15, 0.2) is 0 Å². The van der Waals surface area contributed by atoms with Crippen LogP contribution in [0.1, 0.15) is 55.9 Å². The topological polar surface area (TPSA) is 112 Å². The second kappa shape index (κ2) is 13.7. The van der Waals surface area contributed by atoms with Crippen LogP contribution in [-0.4, -0.2) is 76.0 Å². The molecule has 13 heteroatoms. The highest BCUT2D eigenvalue weighted by Crippen LogP contribution is 2.37. The van der Waals surface area contributed by atoms with E-state index in [4.69, 9.17) is 14.2 Å². The van der Waals surface area contributed by atoms with Crippen molar-refractivity contribution in [2.24, 2.45) is 0 Å². The molecule has 1 aliphatic heterocycles. The van der Waals surface area contributed by atoms with Gasteiger partial charge in [0.05, 0.1) is 37.8 Å². The molecule has 1 N–H and O–H groups in total. The molecule has 5 rings (SSSR count). The zero-order chi connectivity index (χ0) is 31.2. The van der Waals surface area contributed by atoms with Crippen molar-refractivity contribution in [2.75, 3.05) is 33.4 Å². The summed E-state index contributed by atoms with van der Waals surface area (Å²) in [6.45, 7) is 2.65. The molecule has 1 aromatic carbocycles. The Hall–Kier alpha value is -4.68. The smallest absolute Gasteiger partial charge is 0.409 e. The standard InChI is InChI=1S/C31H36F2N6O5/c1-4-6-13-43-31(41)37-10-8-23(9-11-37)39-19-22(17-36-39)20-7-12-38-24(18-35-27(38)16-20)21-14-25(42-3)28(29(40)34-5-2)26(15-21)44-30(32)33/h7,12,14-19,23,30H,4-6,8-11,13H2,1-3H3,(H,34,40). The summed E-state index contributed by atoms with van der Waals surface area (Å²) in [4.78, 5) is 31.2. The van der Waals surface area contributed by atoms with Gasteiger partial charge < -0.3 is 24.4 Å². The summed E-state index contributed by atoms with van der Waals surface area (Å²) in [6.07, 6.45) is 10.4. The highest BCUT2D eigenvalue weighted by Gasteiger charge is 2.26. The second-order valence-corrected chi connectivity index (χ2v) is 10.5. The number of alkyl halides is 2. The molecule has 2 amide bonds. The number of rotatable bonds is 11. The zero-order valence-corrected chi connectivity index (χ0v) is 25.0. The number of carbonyl (C=O) groups is 2. The Balaban J connectivity index is 1.35. The average molecular weight is 611 g/mol. The first-order valence-corrected chi connectivity index (χ1v) is 14.7. The van der Waals surface area contributed by atoms with Gasteiger partial charge in [-0.2, -0.15) is 13.9 Å². The third-order valence-corrected chi connectivity index (χ3v) is 7.63. The number of imidazole rings is 1. The van der Waals surface area contributed by atoms with Gasteiger partial charge in [0, 0.05) is 43.2 Å². The largest absolute Gasteiger partial charge is 0.496 e. The van der Waals surface area contributed by atoms with Crippen LogP contribution in [-0.2, 0) is 4.74 Å². The first kappa shape index (κ1) is 30.8. The van der Waals surface area contributed by atoms with Crippen LogP contribution >= 0.6 is 0 Å². The Morgan fingerprint density at radius 2 is 1.84 bits per heavy atom. The van der Waals surface area contributed by atoms with Crippen LogP contribution in [0.15, 0.2) is 49.1 Å². The lowest BCUT2D eigenvalue weighted by Crippen LogP contribution is -2.39. The van der Waals surface area contributed by atoms with Crippen molar-refractivity contribution in [1.82, 2.24) is 29.4 Å². The summed E-state index contributed by atoms with van der Waals surface area (Å²) in [5.41, 5.74) is 3.43. The number of nitrogens with zero attached hydrogens (tertiary/aromatic N) is 5. The maximum absolute atomic E-state index is 13.3. The SMILES string of the molecule is CCCCOC(=O)N1CCC(n2cc(-c3ccn4c(-c5cc(OC)c(C(=O)NCC)c(OC(F)F)c5)cnc4c3)cn2)CC1. The third-order valence-electron chi connectivity index (χ3n) is 7.63. The number of aromatic nitrogens is 4. The van der Waals surface area contributed by atoms with Crippen LogP contribution in [0.2, 0.25) is 0 Å². The van der Waals surface area contributed by atoms with Crippen LogP contribution < -0.4 is 14.8 Å². The minimum Gasteiger partial charge on any atom is -0.496 e. The number of hydrogen-bond acceptors (Lipinski definition) is 7. The van der Waals surface area contributed by atoms with Crippen LogP contribution in [0.25, 0.3) is 28.0 Å². The molecule has 0 spiro atoms. The number of halogens is 2. The summed E-state index contributed by atoms with van der Waals surface area (Å²) in [7, 11) is 1.36. The van der Waals surface area contributed by atoms with E-state index in [2.05, 4.69) is 22.3 Å². The number of methoxy groups -OCH3 is 1. The molecule has 44 heavy (non-hydrogen) atoms. The molecule has 0 atom stereocenters. The summed E-state index contributed by atoms with van der Waals surface area (Å²) < 4.78 is 45.8. The molecule has 3 aromatic heterocycles. The molecular weight excluding hydrogens is 574 g/mol. The lowest BCUT2D eigenvalue weighted by atomic mass is 10.1. The fourth-order valence-electron chi connectivity index (χ4n) is 5.33. The zero-order valence-electron chi connectivity index (χ0n) is 25.0. The van der Waals surface area contributed by atoms with Gasteiger partial charge in [0.25, 0.3) is 5.91 Å². The fraction of sp³-hybridized carbons (Fsp3) is 0.419. The van der Waals surface area contributed by atoms with Gasteiger partial charge in [-0.15, -0.1) is 0 Å². The van der Waals surface area contributed by atoms with Crippen LogP contribution in [0.5, 0.6) is 11.5 Å². The van der Waals surface area contributed by atoms with Crippen molar-refractivity contribution in [3.05, 3.63) is 54.6 Å². The Morgan fingerprint density at radius 1 is 1.07 bits per heavy atom. The fourth-order valence-corrected chi connectivity index (χ4v) is 5.33. The quantitative estimate of drug-likeness (QED) is 0.214. The number of fused-ring (bicyclic) bond motifs is 1. The number of piperidine rings is 1. The van der Waals surface area contributed by atoms with Crippen LogP contribution in [0.4, 0.5) is 13.6 Å². The van der Waals surface area contributed by atoms with E-state index in [0.29, 0.717) is 43.1 Å². The highest BCUT2D eigenvalue weighted by molar-refractivity contribution is 6.00. The van der Waals surface area contributed by atoms with E-state index in [-0.39, 0.29) is 29.2 Å². The maximum atomic E-state index is 13.3. The van der Waals surface area contributed by atoms with Crippen molar-refractivity contribution in [3.8, 4) is 33.9 Å². The first-order chi connectivity index (χ1) is 21.3. The lowest BCUT2D eigenvalue weighted by molar-refractivity contribution is -0.0502. The van der Waals surface area contributed by atoms with Gasteiger partial charge in [-0.1, -0.05) is 13.3 Å². The van der Waals surface area contributed by atoms with E-state index in [0.717, 1.165) is 36.8 Å². The van der Waals surface area contributed by atoms with Gasteiger partial charge in [-0.05, 0) is 56.0 Å². The van der Waals surface area contributed by atoms with Gasteiger partial charge >= 0.3 is 12.7 Å². The molecule has 0 bridgehead atoms. The Bertz CT molecular complexity index is 1610. The van der Waals surface area contributed by atoms with Crippen molar-refractivity contribution in [3.63, 3.8) is 0 Å². The molecule has 0 radical (unpaired) electrons. The average Bonchev–Trinajstić information content (AvgIpc) is 3.68. The number of carbonyl (C=O) groups excluding carboxylic acids is 2. The molecule has 4 heterocycles. The monoisotopic (exact) mass is 610 g/mol. The van der Waals surface area contributed by atoms with Crippen molar-refractivity contribution in [2.45, 2.75) is 52.2 Å². The van der Waals surface area contributed by atoms with E-state index in [1.54, 1.807) is 30.3 Å². The van der Waals surface area contributed by atoms with Crippen LogP contribution in [0, 0.1) is 0 Å². The molecular formula is C31H36F2N6O5. The number of likely N-dealkylation sites (tertiary alicyclic amines) is 1. The van der Waals surface area contributed by atoms with Crippen molar-refractivity contribution < 1.29 is 32.6 Å². The third kappa shape index (κ3) is 6.61. The predicted octanol–water partition coefficient (Wildman–Crippen LogP) is 5.80. The van der Waals surface area contributed by atoms with Crippen molar-refractivity contribution in [1.29, 1.82) is 0 Å². The molecule has 1 saturated heterocycles. The molecule has 1 aliphatic rings. The van der Waals surface area contributed by atoms with E-state index in [9.17, 15) is 18.4 Å². The van der Waals surface area contributed by atoms with E-state index in [1.165, 1.54) is 13.2 Å². The van der Waals surface area contributed by atoms with Crippen LogP contribution in [0.3, 0.4) is 0 Å². The number of nitrogens with one attached hydrogen (secondary N) is 1. The minimum atomic E-state index is -3.13. The second-order valence-electron chi connectivity index (χ2n) is 10.5. The molecule has 1 fully saturated rings. The van der Waals surface area contributed by atoms with Gasteiger partial charge in [-0.3, -0.25) is 13.9 Å². The number of pyridine rings is 1. The lowest BCUT2D eigenvalue weighted by Gasteiger charge is -2.31. The molecule has 0 aliphatic carbocycles. The van der Waals surface area contributed by atoms with E-state index in [1.807, 2.05) is 33.6 Å². The predicted molar refractivity (Wildman–Crippen MR) is 159 cm³/mol. The normalized spacial score (nSPS) is 13.8. The Morgan fingerprint density at radius 3 is 2.55 bits per heavy atom. The Kier molecular flexibility index (Phi) is 9.61. The number of hydrogen-bond donors (Lipinski definition) is 1. The number of ether oxygens (including phenoxy) is 3. The van der Waals surface area contributed by atoms with E-state index >= 15 is 0 Å². The molecule has 11 nitrogen and oxygen atoms in total. The maximum Gasteiger partial charge on any atom is 0.409 e. The molecule has 4 aromatic rings. The summed E-state index contributed by atoms with van der Waals surface area (Å²) >= 11 is 0. The highest BCUT2D eigenvalue weighted by atomic mass is 19.3. The summed E-state index contributed by atoms with van der Waals surface area (Å²) in [5, 5.41) is 7.20. The van der Waals surface area contributed by atoms with Gasteiger partial charge in [0.2, 0.25) is 0 Å². The van der Waals surface area contributed by atoms with Gasteiger partial charge in [-0.25, -0.2) is 9.78 Å². The Labute approximate surface area is 253 Å². The van der Waals surface area contributed by atoms with Crippen molar-refractivity contribution >= 4 is 17.6 Å². The van der Waals surface area contributed by atoms with Gasteiger partial charge in [0.1, 0.15) is 22.7 Å². The first-order valence-electron chi connectivity index (χ1n) is 14.7. The summed E-state index contributed by atoms with van der Waals surface area (Å²) in [5.74, 6) is -0.772. The molecule has 0 saturated carbocycles. The van der Waals surface area contributed by atoms with E-state index < -0.39 is 12.5 Å². The number of unbranched alkanes of at least 4 members (excludes halogenated alkanes) is 1.